The first-order valence-corrected chi connectivity index (χ1v) is 12.1. The second-order valence-electron chi connectivity index (χ2n) is 7.45. The number of carbonyl (C=O) groups excluding carboxylic acids is 2. The van der Waals surface area contributed by atoms with Gasteiger partial charge in [-0.15, -0.1) is 0 Å². The molecule has 1 N–H and O–H groups in total. The lowest BCUT2D eigenvalue weighted by molar-refractivity contribution is -0.128. The molecule has 6 nitrogen and oxygen atoms in total. The van der Waals surface area contributed by atoms with Crippen LogP contribution in [0.5, 0.6) is 5.75 Å². The van der Waals surface area contributed by atoms with Gasteiger partial charge in [-0.05, 0) is 48.0 Å². The fraction of sp³-hybridized carbons (Fsp3) is 0.160. The molecule has 0 bridgehead atoms. The van der Waals surface area contributed by atoms with E-state index in [2.05, 4.69) is 10.3 Å². The van der Waals surface area contributed by atoms with Crippen molar-refractivity contribution in [2.45, 2.75) is 18.2 Å². The summed E-state index contributed by atoms with van der Waals surface area (Å²) < 4.78 is 5.20. The number of carbonyl (C=O) groups is 2. The monoisotopic (exact) mass is 513 g/mol. The average molecular weight is 514 g/mol. The van der Waals surface area contributed by atoms with E-state index in [1.807, 2.05) is 30.3 Å². The number of para-hydroxylation sites is 1. The van der Waals surface area contributed by atoms with E-state index < -0.39 is 5.25 Å². The van der Waals surface area contributed by atoms with Crippen LogP contribution >= 0.6 is 35.0 Å². The quantitative estimate of drug-likeness (QED) is 0.410. The Kier molecular flexibility index (Phi) is 7.77. The molecule has 0 aliphatic carbocycles. The van der Waals surface area contributed by atoms with Crippen molar-refractivity contribution >= 4 is 63.3 Å². The van der Waals surface area contributed by atoms with Gasteiger partial charge in [0, 0.05) is 11.4 Å². The van der Waals surface area contributed by atoms with E-state index in [4.69, 9.17) is 27.9 Å². The molecule has 1 aliphatic heterocycles. The molecule has 1 unspecified atom stereocenters. The maximum Gasteiger partial charge on any atom is 0.242 e. The molecule has 1 heterocycles. The number of amides is 2. The van der Waals surface area contributed by atoms with Crippen molar-refractivity contribution in [1.82, 2.24) is 4.90 Å². The molecule has 34 heavy (non-hydrogen) atoms. The molecule has 0 spiro atoms. The predicted molar refractivity (Wildman–Crippen MR) is 138 cm³/mol. The molecule has 9 heteroatoms. The first kappa shape index (κ1) is 24.1. The largest absolute Gasteiger partial charge is 0.497 e. The topological polar surface area (TPSA) is 71.0 Å². The Morgan fingerprint density at radius 3 is 2.38 bits per heavy atom. The molecular formula is C25H21Cl2N3O3S. The predicted octanol–water partition coefficient (Wildman–Crippen LogP) is 6.16. The summed E-state index contributed by atoms with van der Waals surface area (Å²) in [6.07, 6.45) is -0.0185. The van der Waals surface area contributed by atoms with E-state index in [-0.39, 0.29) is 24.8 Å². The van der Waals surface area contributed by atoms with Gasteiger partial charge in [-0.1, -0.05) is 65.3 Å². The van der Waals surface area contributed by atoms with Crippen LogP contribution in [0.2, 0.25) is 10.0 Å². The Morgan fingerprint density at radius 2 is 1.71 bits per heavy atom. The summed E-state index contributed by atoms with van der Waals surface area (Å²) in [5.41, 5.74) is 1.97. The van der Waals surface area contributed by atoms with E-state index in [1.54, 1.807) is 54.5 Å². The minimum absolute atomic E-state index is 0.0185. The number of thioether (sulfide) groups is 1. The van der Waals surface area contributed by atoms with E-state index in [9.17, 15) is 9.59 Å². The molecule has 0 saturated carbocycles. The van der Waals surface area contributed by atoms with Crippen LogP contribution in [0.1, 0.15) is 12.0 Å². The fourth-order valence-corrected chi connectivity index (χ4v) is 4.90. The first-order valence-electron chi connectivity index (χ1n) is 10.4. The molecule has 0 aromatic heterocycles. The standard InChI is InChI=1S/C25H21Cl2N3O3S/c1-33-18-12-10-17(11-13-18)28-25-30(15-16-6-2-3-7-19(16)26)24(32)22(34-25)14-23(31)29-21-9-5-4-8-20(21)27/h2-13,22H,14-15H2,1H3,(H,29,31). The molecule has 3 aromatic rings. The molecule has 0 radical (unpaired) electrons. The Morgan fingerprint density at radius 1 is 1.03 bits per heavy atom. The van der Waals surface area contributed by atoms with Crippen LogP contribution in [0.4, 0.5) is 11.4 Å². The van der Waals surface area contributed by atoms with Gasteiger partial charge in [0.25, 0.3) is 0 Å². The van der Waals surface area contributed by atoms with E-state index >= 15 is 0 Å². The van der Waals surface area contributed by atoms with E-state index in [1.165, 1.54) is 11.8 Å². The van der Waals surface area contributed by atoms with Crippen molar-refractivity contribution in [1.29, 1.82) is 0 Å². The normalized spacial score (nSPS) is 16.7. The lowest BCUT2D eigenvalue weighted by Gasteiger charge is -2.17. The molecule has 2 amide bonds. The van der Waals surface area contributed by atoms with Gasteiger partial charge >= 0.3 is 0 Å². The summed E-state index contributed by atoms with van der Waals surface area (Å²) >= 11 is 13.7. The molecular weight excluding hydrogens is 493 g/mol. The lowest BCUT2D eigenvalue weighted by atomic mass is 10.2. The number of halogens is 2. The maximum atomic E-state index is 13.3. The van der Waals surface area contributed by atoms with Crippen molar-refractivity contribution in [3.8, 4) is 5.75 Å². The van der Waals surface area contributed by atoms with Crippen LogP contribution in [0.25, 0.3) is 0 Å². The molecule has 4 rings (SSSR count). The van der Waals surface area contributed by atoms with Crippen LogP contribution in [-0.2, 0) is 16.1 Å². The average Bonchev–Trinajstić information content (AvgIpc) is 3.11. The van der Waals surface area contributed by atoms with Gasteiger partial charge < -0.3 is 10.1 Å². The number of rotatable bonds is 7. The van der Waals surface area contributed by atoms with E-state index in [0.29, 0.717) is 32.3 Å². The van der Waals surface area contributed by atoms with Gasteiger partial charge in [-0.3, -0.25) is 14.5 Å². The summed E-state index contributed by atoms with van der Waals surface area (Å²) in [5, 5.41) is 3.65. The number of methoxy groups -OCH3 is 1. The molecule has 1 saturated heterocycles. The van der Waals surface area contributed by atoms with Crippen LogP contribution in [-0.4, -0.2) is 34.2 Å². The number of ether oxygens (including phenoxy) is 1. The Labute approximate surface area is 211 Å². The minimum Gasteiger partial charge on any atom is -0.497 e. The van der Waals surface area contributed by atoms with Crippen LogP contribution in [0, 0.1) is 0 Å². The van der Waals surface area contributed by atoms with Crippen molar-refractivity contribution in [2.75, 3.05) is 12.4 Å². The second kappa shape index (κ2) is 11.0. The van der Waals surface area contributed by atoms with Gasteiger partial charge in [0.2, 0.25) is 11.8 Å². The van der Waals surface area contributed by atoms with Gasteiger partial charge in [0.15, 0.2) is 5.17 Å². The Hall–Kier alpha value is -3.00. The molecule has 174 valence electrons. The summed E-state index contributed by atoms with van der Waals surface area (Å²) in [7, 11) is 1.59. The number of nitrogens with zero attached hydrogens (tertiary/aromatic N) is 2. The molecule has 1 fully saturated rings. The summed E-state index contributed by atoms with van der Waals surface area (Å²) in [6.45, 7) is 0.253. The Bertz CT molecular complexity index is 1230. The van der Waals surface area contributed by atoms with Crippen molar-refractivity contribution < 1.29 is 14.3 Å². The van der Waals surface area contributed by atoms with Gasteiger partial charge in [0.05, 0.1) is 30.1 Å². The van der Waals surface area contributed by atoms with Crippen molar-refractivity contribution in [3.05, 3.63) is 88.4 Å². The SMILES string of the molecule is COc1ccc(N=C2SC(CC(=O)Nc3ccccc3Cl)C(=O)N2Cc2ccccc2Cl)cc1. The highest BCUT2D eigenvalue weighted by Gasteiger charge is 2.39. The molecule has 1 atom stereocenters. The van der Waals surface area contributed by atoms with Gasteiger partial charge in [0.1, 0.15) is 11.0 Å². The number of hydrogen-bond acceptors (Lipinski definition) is 5. The zero-order chi connectivity index (χ0) is 24.1. The van der Waals surface area contributed by atoms with Crippen LogP contribution in [0.3, 0.4) is 0 Å². The van der Waals surface area contributed by atoms with Gasteiger partial charge in [-0.25, -0.2) is 4.99 Å². The van der Waals surface area contributed by atoms with E-state index in [0.717, 1.165) is 5.56 Å². The van der Waals surface area contributed by atoms with Crippen molar-refractivity contribution in [3.63, 3.8) is 0 Å². The van der Waals surface area contributed by atoms with Crippen LogP contribution < -0.4 is 10.1 Å². The highest BCUT2D eigenvalue weighted by atomic mass is 35.5. The summed E-state index contributed by atoms with van der Waals surface area (Å²) in [4.78, 5) is 32.3. The third kappa shape index (κ3) is 5.73. The number of aliphatic imine (C=N–C) groups is 1. The molecule has 3 aromatic carbocycles. The summed E-state index contributed by atoms with van der Waals surface area (Å²) in [5.74, 6) is 0.204. The number of anilines is 1. The Balaban J connectivity index is 1.57. The first-order chi connectivity index (χ1) is 16.4. The van der Waals surface area contributed by atoms with Crippen molar-refractivity contribution in [2.24, 2.45) is 4.99 Å². The highest BCUT2D eigenvalue weighted by Crippen LogP contribution is 2.34. The van der Waals surface area contributed by atoms with Gasteiger partial charge in [-0.2, -0.15) is 0 Å². The minimum atomic E-state index is -0.623. The fourth-order valence-electron chi connectivity index (χ4n) is 3.37. The zero-order valence-corrected chi connectivity index (χ0v) is 20.5. The summed E-state index contributed by atoms with van der Waals surface area (Å²) in [6, 6.07) is 21.5. The molecule has 1 aliphatic rings. The number of nitrogens with one attached hydrogen (secondary N) is 1. The number of amidine groups is 1. The number of hydrogen-bond donors (Lipinski definition) is 1. The third-order valence-electron chi connectivity index (χ3n) is 5.12. The maximum absolute atomic E-state index is 13.3. The number of benzene rings is 3. The third-order valence-corrected chi connectivity index (χ3v) is 7.00. The lowest BCUT2D eigenvalue weighted by Crippen LogP contribution is -2.33. The smallest absolute Gasteiger partial charge is 0.242 e. The highest BCUT2D eigenvalue weighted by molar-refractivity contribution is 8.15. The zero-order valence-electron chi connectivity index (χ0n) is 18.2. The second-order valence-corrected chi connectivity index (χ2v) is 9.43. The van der Waals surface area contributed by atoms with Crippen LogP contribution in [0.15, 0.2) is 77.8 Å².